The van der Waals surface area contributed by atoms with E-state index < -0.39 is 0 Å². The fourth-order valence-electron chi connectivity index (χ4n) is 3.69. The maximum absolute atomic E-state index is 12.5. The fraction of sp³-hybridized carbons (Fsp3) is 0.400. The van der Waals surface area contributed by atoms with Crippen LogP contribution >= 0.6 is 11.3 Å². The van der Waals surface area contributed by atoms with Crippen LogP contribution in [0.4, 0.5) is 5.69 Å². The Balaban J connectivity index is 1.46. The van der Waals surface area contributed by atoms with Gasteiger partial charge in [0.1, 0.15) is 16.5 Å². The van der Waals surface area contributed by atoms with Crippen molar-refractivity contribution in [2.45, 2.75) is 52.5 Å². The summed E-state index contributed by atoms with van der Waals surface area (Å²) in [5.74, 6) is 2.52. The summed E-state index contributed by atoms with van der Waals surface area (Å²) in [5.41, 5.74) is 2.88. The quantitative estimate of drug-likeness (QED) is 0.744. The topological polar surface area (TPSA) is 72.7 Å². The standard InChI is InChI=1S/C20H23N5OS/c1-4-17-23-24-18-10-7-15(11-25(17)18)14-5-8-16(9-6-14)22-20(26)19-12(2)21-13(3)27-19/h5-6,8-9,15H,4,7,10-11H2,1-3H3,(H,22,26). The molecule has 3 heterocycles. The van der Waals surface area contributed by atoms with Crippen molar-refractivity contribution < 1.29 is 4.79 Å². The minimum atomic E-state index is -0.0924. The summed E-state index contributed by atoms with van der Waals surface area (Å²) >= 11 is 1.43. The molecule has 1 aliphatic rings. The number of nitrogens with one attached hydrogen (secondary N) is 1. The van der Waals surface area contributed by atoms with E-state index >= 15 is 0 Å². The van der Waals surface area contributed by atoms with E-state index in [0.717, 1.165) is 53.8 Å². The minimum absolute atomic E-state index is 0.0924. The van der Waals surface area contributed by atoms with Crippen LogP contribution in [0.25, 0.3) is 0 Å². The predicted molar refractivity (Wildman–Crippen MR) is 106 cm³/mol. The van der Waals surface area contributed by atoms with E-state index in [0.29, 0.717) is 10.8 Å². The maximum atomic E-state index is 12.5. The van der Waals surface area contributed by atoms with Crippen LogP contribution in [-0.2, 0) is 19.4 Å². The number of fused-ring (bicyclic) bond motifs is 1. The van der Waals surface area contributed by atoms with Gasteiger partial charge in [-0.25, -0.2) is 4.98 Å². The van der Waals surface area contributed by atoms with Crippen LogP contribution in [0.2, 0.25) is 0 Å². The van der Waals surface area contributed by atoms with Gasteiger partial charge in [-0.05, 0) is 38.0 Å². The molecule has 1 aliphatic heterocycles. The van der Waals surface area contributed by atoms with Crippen molar-refractivity contribution in [3.8, 4) is 0 Å². The number of nitrogens with zero attached hydrogens (tertiary/aromatic N) is 4. The van der Waals surface area contributed by atoms with Crippen LogP contribution < -0.4 is 5.32 Å². The van der Waals surface area contributed by atoms with Crippen molar-refractivity contribution in [2.75, 3.05) is 5.32 Å². The molecular weight excluding hydrogens is 358 g/mol. The number of amides is 1. The number of carbonyl (C=O) groups excluding carboxylic acids is 1. The third-order valence-corrected chi connectivity index (χ3v) is 6.16. The molecule has 3 aromatic rings. The van der Waals surface area contributed by atoms with Crippen LogP contribution in [-0.4, -0.2) is 25.7 Å². The van der Waals surface area contributed by atoms with Crippen molar-refractivity contribution in [2.24, 2.45) is 0 Å². The molecule has 0 fully saturated rings. The Hall–Kier alpha value is -2.54. The molecule has 0 saturated heterocycles. The first kappa shape index (κ1) is 17.9. The molecule has 140 valence electrons. The van der Waals surface area contributed by atoms with Crippen LogP contribution in [0.1, 0.15) is 56.8 Å². The van der Waals surface area contributed by atoms with E-state index in [-0.39, 0.29) is 5.91 Å². The third-order valence-electron chi connectivity index (χ3n) is 5.09. The molecule has 0 bridgehead atoms. The van der Waals surface area contributed by atoms with Gasteiger partial charge in [-0.2, -0.15) is 0 Å². The molecule has 6 nitrogen and oxygen atoms in total. The van der Waals surface area contributed by atoms with Crippen molar-refractivity contribution >= 4 is 22.9 Å². The zero-order chi connectivity index (χ0) is 19.0. The van der Waals surface area contributed by atoms with E-state index in [1.54, 1.807) is 0 Å². The van der Waals surface area contributed by atoms with Gasteiger partial charge in [0.2, 0.25) is 0 Å². The molecule has 27 heavy (non-hydrogen) atoms. The number of rotatable bonds is 4. The highest BCUT2D eigenvalue weighted by molar-refractivity contribution is 7.13. The predicted octanol–water partition coefficient (Wildman–Crippen LogP) is 3.90. The molecule has 1 aromatic carbocycles. The first-order valence-corrected chi connectivity index (χ1v) is 10.1. The van der Waals surface area contributed by atoms with Gasteiger partial charge in [0.15, 0.2) is 0 Å². The van der Waals surface area contributed by atoms with Crippen LogP contribution in [0, 0.1) is 13.8 Å². The molecule has 1 amide bonds. The molecular formula is C20H23N5OS. The SMILES string of the molecule is CCc1nnc2n1CC(c1ccc(NC(=O)c3sc(C)nc3C)cc1)CC2. The van der Waals surface area contributed by atoms with Gasteiger partial charge in [-0.15, -0.1) is 21.5 Å². The summed E-state index contributed by atoms with van der Waals surface area (Å²) in [4.78, 5) is 17.5. The monoisotopic (exact) mass is 381 g/mol. The molecule has 1 N–H and O–H groups in total. The van der Waals surface area contributed by atoms with Crippen molar-refractivity contribution in [3.05, 3.63) is 57.1 Å². The Morgan fingerprint density at radius 2 is 2.04 bits per heavy atom. The van der Waals surface area contributed by atoms with Gasteiger partial charge in [0.05, 0.1) is 10.7 Å². The average molecular weight is 382 g/mol. The van der Waals surface area contributed by atoms with Crippen molar-refractivity contribution in [3.63, 3.8) is 0 Å². The van der Waals surface area contributed by atoms with E-state index in [4.69, 9.17) is 0 Å². The van der Waals surface area contributed by atoms with Crippen LogP contribution in [0.3, 0.4) is 0 Å². The number of anilines is 1. The molecule has 0 saturated carbocycles. The number of benzene rings is 1. The van der Waals surface area contributed by atoms with Gasteiger partial charge in [-0.1, -0.05) is 19.1 Å². The maximum Gasteiger partial charge on any atom is 0.267 e. The molecule has 1 unspecified atom stereocenters. The van der Waals surface area contributed by atoms with Crippen molar-refractivity contribution in [1.29, 1.82) is 0 Å². The third kappa shape index (κ3) is 3.51. The Kier molecular flexibility index (Phi) is 4.78. The van der Waals surface area contributed by atoms with Crippen molar-refractivity contribution in [1.82, 2.24) is 19.7 Å². The van der Waals surface area contributed by atoms with E-state index in [1.807, 2.05) is 26.0 Å². The smallest absolute Gasteiger partial charge is 0.267 e. The lowest BCUT2D eigenvalue weighted by atomic mass is 9.91. The van der Waals surface area contributed by atoms with Gasteiger partial charge < -0.3 is 9.88 Å². The zero-order valence-electron chi connectivity index (χ0n) is 15.8. The highest BCUT2D eigenvalue weighted by atomic mass is 32.1. The molecule has 1 atom stereocenters. The number of aromatic nitrogens is 4. The first-order chi connectivity index (χ1) is 13.0. The second-order valence-electron chi connectivity index (χ2n) is 6.96. The Morgan fingerprint density at radius 3 is 2.70 bits per heavy atom. The number of thiazole rings is 1. The molecule has 0 radical (unpaired) electrons. The molecule has 4 rings (SSSR count). The lowest BCUT2D eigenvalue weighted by molar-refractivity contribution is 0.103. The number of aryl methyl sites for hydroxylation is 4. The van der Waals surface area contributed by atoms with Gasteiger partial charge >= 0.3 is 0 Å². The highest BCUT2D eigenvalue weighted by Crippen LogP contribution is 2.30. The molecule has 0 spiro atoms. The largest absolute Gasteiger partial charge is 0.321 e. The van der Waals surface area contributed by atoms with Crippen LogP contribution in [0.15, 0.2) is 24.3 Å². The molecule has 0 aliphatic carbocycles. The highest BCUT2D eigenvalue weighted by Gasteiger charge is 2.23. The first-order valence-electron chi connectivity index (χ1n) is 9.31. The van der Waals surface area contributed by atoms with E-state index in [9.17, 15) is 4.79 Å². The summed E-state index contributed by atoms with van der Waals surface area (Å²) in [6.45, 7) is 6.83. The second kappa shape index (κ2) is 7.23. The lowest BCUT2D eigenvalue weighted by Crippen LogP contribution is -2.20. The summed E-state index contributed by atoms with van der Waals surface area (Å²) in [6.07, 6.45) is 2.94. The Bertz CT molecular complexity index is 959. The van der Waals surface area contributed by atoms with Gasteiger partial charge in [0, 0.05) is 31.0 Å². The summed E-state index contributed by atoms with van der Waals surface area (Å²) in [7, 11) is 0. The second-order valence-corrected chi connectivity index (χ2v) is 8.16. The molecule has 7 heteroatoms. The van der Waals surface area contributed by atoms with E-state index in [2.05, 4.69) is 44.1 Å². The number of hydrogen-bond acceptors (Lipinski definition) is 5. The normalized spacial score (nSPS) is 16.2. The summed E-state index contributed by atoms with van der Waals surface area (Å²) in [6, 6.07) is 8.20. The molecule has 2 aromatic heterocycles. The Labute approximate surface area is 162 Å². The van der Waals surface area contributed by atoms with Gasteiger partial charge in [0.25, 0.3) is 5.91 Å². The lowest BCUT2D eigenvalue weighted by Gasteiger charge is -2.24. The van der Waals surface area contributed by atoms with Crippen LogP contribution in [0.5, 0.6) is 0 Å². The average Bonchev–Trinajstić information content (AvgIpc) is 3.23. The summed E-state index contributed by atoms with van der Waals surface area (Å²) < 4.78 is 2.26. The number of carbonyl (C=O) groups is 1. The Morgan fingerprint density at radius 1 is 1.26 bits per heavy atom. The number of hydrogen-bond donors (Lipinski definition) is 1. The minimum Gasteiger partial charge on any atom is -0.321 e. The summed E-state index contributed by atoms with van der Waals surface area (Å²) in [5, 5.41) is 12.5. The fourth-order valence-corrected chi connectivity index (χ4v) is 4.50. The zero-order valence-corrected chi connectivity index (χ0v) is 16.6. The van der Waals surface area contributed by atoms with E-state index in [1.165, 1.54) is 16.9 Å². The van der Waals surface area contributed by atoms with Gasteiger partial charge in [-0.3, -0.25) is 4.79 Å².